The van der Waals surface area contributed by atoms with Gasteiger partial charge in [-0.05, 0) is 32.4 Å². The van der Waals surface area contributed by atoms with Gasteiger partial charge in [-0.15, -0.1) is 0 Å². The van der Waals surface area contributed by atoms with E-state index in [4.69, 9.17) is 4.74 Å². The quantitative estimate of drug-likeness (QED) is 0.850. The molecule has 18 heavy (non-hydrogen) atoms. The Bertz CT molecular complexity index is 411. The van der Waals surface area contributed by atoms with Gasteiger partial charge in [-0.25, -0.2) is 4.98 Å². The molecule has 0 radical (unpaired) electrons. The molecule has 2 heterocycles. The number of anilines is 1. The highest BCUT2D eigenvalue weighted by molar-refractivity contribution is 5.95. The highest BCUT2D eigenvalue weighted by Crippen LogP contribution is 2.27. The van der Waals surface area contributed by atoms with Crippen LogP contribution in [0.15, 0.2) is 18.3 Å². The summed E-state index contributed by atoms with van der Waals surface area (Å²) in [4.78, 5) is 16.3. The number of piperidine rings is 1. The van der Waals surface area contributed by atoms with Crippen LogP contribution in [0.25, 0.3) is 0 Å². The predicted octanol–water partition coefficient (Wildman–Crippen LogP) is 1.42. The molecule has 2 rings (SSSR count). The maximum atomic E-state index is 12.2. The van der Waals surface area contributed by atoms with Gasteiger partial charge in [0.25, 0.3) is 0 Å². The molecular weight excluding hydrogens is 230 g/mol. The first-order chi connectivity index (χ1) is 8.64. The monoisotopic (exact) mass is 249 g/mol. The van der Waals surface area contributed by atoms with Crippen LogP contribution in [0, 0.1) is 5.41 Å². The fourth-order valence-electron chi connectivity index (χ4n) is 2.11. The minimum atomic E-state index is -0.335. The van der Waals surface area contributed by atoms with E-state index in [1.165, 1.54) is 0 Å². The molecule has 0 aromatic carbocycles. The Balaban J connectivity index is 2.01. The molecule has 1 saturated heterocycles. The fraction of sp³-hybridized carbons (Fsp3) is 0.538. The molecule has 1 aromatic rings. The molecule has 1 amide bonds. The van der Waals surface area contributed by atoms with Crippen LogP contribution in [0.5, 0.6) is 5.88 Å². The normalized spacial score (nSPS) is 23.4. The van der Waals surface area contributed by atoms with Crippen molar-refractivity contribution in [1.82, 2.24) is 10.3 Å². The van der Waals surface area contributed by atoms with Crippen molar-refractivity contribution in [2.24, 2.45) is 5.41 Å². The van der Waals surface area contributed by atoms with E-state index in [0.717, 1.165) is 25.9 Å². The van der Waals surface area contributed by atoms with Gasteiger partial charge in [-0.2, -0.15) is 0 Å². The zero-order valence-electron chi connectivity index (χ0n) is 10.8. The average molecular weight is 249 g/mol. The van der Waals surface area contributed by atoms with Gasteiger partial charge in [0.1, 0.15) is 0 Å². The number of nitrogens with one attached hydrogen (secondary N) is 2. The summed E-state index contributed by atoms with van der Waals surface area (Å²) in [6.45, 7) is 3.71. The van der Waals surface area contributed by atoms with Gasteiger partial charge in [0.15, 0.2) is 0 Å². The third-order valence-corrected chi connectivity index (χ3v) is 3.35. The first-order valence-corrected chi connectivity index (χ1v) is 6.16. The summed E-state index contributed by atoms with van der Waals surface area (Å²) < 4.78 is 4.98. The first kappa shape index (κ1) is 12.8. The molecule has 1 unspecified atom stereocenters. The van der Waals surface area contributed by atoms with Crippen molar-refractivity contribution in [3.05, 3.63) is 18.3 Å². The molecule has 1 fully saturated rings. The number of hydrogen-bond acceptors (Lipinski definition) is 4. The van der Waals surface area contributed by atoms with Crippen molar-refractivity contribution >= 4 is 11.6 Å². The van der Waals surface area contributed by atoms with Gasteiger partial charge in [-0.1, -0.05) is 0 Å². The molecule has 0 saturated carbocycles. The van der Waals surface area contributed by atoms with E-state index in [1.807, 2.05) is 6.92 Å². The number of nitrogens with zero attached hydrogens (tertiary/aromatic N) is 1. The third-order valence-electron chi connectivity index (χ3n) is 3.35. The maximum absolute atomic E-state index is 12.2. The number of carbonyl (C=O) groups is 1. The van der Waals surface area contributed by atoms with E-state index in [1.54, 1.807) is 25.4 Å². The Morgan fingerprint density at radius 2 is 2.39 bits per heavy atom. The van der Waals surface area contributed by atoms with E-state index < -0.39 is 0 Å². The number of amides is 1. The lowest BCUT2D eigenvalue weighted by Gasteiger charge is -2.32. The van der Waals surface area contributed by atoms with E-state index >= 15 is 0 Å². The molecule has 1 aliphatic heterocycles. The third kappa shape index (κ3) is 2.79. The van der Waals surface area contributed by atoms with Crippen molar-refractivity contribution in [2.75, 3.05) is 25.5 Å². The number of carbonyl (C=O) groups excluding carboxylic acids is 1. The van der Waals surface area contributed by atoms with E-state index in [0.29, 0.717) is 11.6 Å². The molecular formula is C13H19N3O2. The lowest BCUT2D eigenvalue weighted by Crippen LogP contribution is -2.46. The Morgan fingerprint density at radius 3 is 2.94 bits per heavy atom. The zero-order chi connectivity index (χ0) is 13.0. The van der Waals surface area contributed by atoms with Crippen LogP contribution in [0.3, 0.4) is 0 Å². The number of ether oxygens (including phenoxy) is 1. The van der Waals surface area contributed by atoms with Crippen LogP contribution in [0.1, 0.15) is 19.8 Å². The van der Waals surface area contributed by atoms with Crippen molar-refractivity contribution in [3.63, 3.8) is 0 Å². The van der Waals surface area contributed by atoms with Crippen LogP contribution in [0.4, 0.5) is 5.69 Å². The Labute approximate surface area is 107 Å². The average Bonchev–Trinajstić information content (AvgIpc) is 2.40. The topological polar surface area (TPSA) is 63.2 Å². The lowest BCUT2D eigenvalue weighted by molar-refractivity contribution is -0.125. The first-order valence-electron chi connectivity index (χ1n) is 6.16. The van der Waals surface area contributed by atoms with Gasteiger partial charge < -0.3 is 15.4 Å². The molecule has 5 heteroatoms. The standard InChI is InChI=1S/C13H19N3O2/c1-13(6-3-7-14-9-13)12(17)16-10-4-5-11(18-2)15-8-10/h4-5,8,14H,3,6-7,9H2,1-2H3,(H,16,17). The number of pyridine rings is 1. The highest BCUT2D eigenvalue weighted by Gasteiger charge is 2.34. The molecule has 1 aromatic heterocycles. The van der Waals surface area contributed by atoms with Crippen LogP contribution in [0.2, 0.25) is 0 Å². The molecule has 0 bridgehead atoms. The smallest absolute Gasteiger partial charge is 0.231 e. The molecule has 5 nitrogen and oxygen atoms in total. The maximum Gasteiger partial charge on any atom is 0.231 e. The van der Waals surface area contributed by atoms with Gasteiger partial charge in [0.2, 0.25) is 11.8 Å². The van der Waals surface area contributed by atoms with Crippen LogP contribution in [-0.4, -0.2) is 31.1 Å². The minimum absolute atomic E-state index is 0.0432. The van der Waals surface area contributed by atoms with Crippen LogP contribution < -0.4 is 15.4 Å². The second-order valence-electron chi connectivity index (χ2n) is 4.88. The zero-order valence-corrected chi connectivity index (χ0v) is 10.8. The van der Waals surface area contributed by atoms with Gasteiger partial charge in [-0.3, -0.25) is 4.79 Å². The molecule has 0 spiro atoms. The molecule has 2 N–H and O–H groups in total. The van der Waals surface area contributed by atoms with Crippen LogP contribution >= 0.6 is 0 Å². The van der Waals surface area contributed by atoms with Crippen molar-refractivity contribution in [1.29, 1.82) is 0 Å². The van der Waals surface area contributed by atoms with Gasteiger partial charge in [0, 0.05) is 12.6 Å². The Hall–Kier alpha value is -1.62. The fourth-order valence-corrected chi connectivity index (χ4v) is 2.11. The van der Waals surface area contributed by atoms with Crippen molar-refractivity contribution in [3.8, 4) is 5.88 Å². The summed E-state index contributed by atoms with van der Waals surface area (Å²) in [7, 11) is 1.56. The van der Waals surface area contributed by atoms with Crippen molar-refractivity contribution in [2.45, 2.75) is 19.8 Å². The molecule has 1 atom stereocenters. The van der Waals surface area contributed by atoms with Gasteiger partial charge >= 0.3 is 0 Å². The largest absolute Gasteiger partial charge is 0.481 e. The second-order valence-corrected chi connectivity index (χ2v) is 4.88. The van der Waals surface area contributed by atoms with Crippen molar-refractivity contribution < 1.29 is 9.53 Å². The van der Waals surface area contributed by atoms with Gasteiger partial charge in [0.05, 0.1) is 24.4 Å². The summed E-state index contributed by atoms with van der Waals surface area (Å²) in [5, 5.41) is 6.17. The SMILES string of the molecule is COc1ccc(NC(=O)C2(C)CCCNC2)cn1. The Morgan fingerprint density at radius 1 is 1.56 bits per heavy atom. The highest BCUT2D eigenvalue weighted by atomic mass is 16.5. The number of aromatic nitrogens is 1. The summed E-state index contributed by atoms with van der Waals surface area (Å²) in [6, 6.07) is 3.53. The second kappa shape index (κ2) is 5.35. The van der Waals surface area contributed by atoms with E-state index in [9.17, 15) is 4.79 Å². The summed E-state index contributed by atoms with van der Waals surface area (Å²) in [5.41, 5.74) is 0.366. The minimum Gasteiger partial charge on any atom is -0.481 e. The Kier molecular flexibility index (Phi) is 3.81. The molecule has 0 aliphatic carbocycles. The van der Waals surface area contributed by atoms with E-state index in [-0.39, 0.29) is 11.3 Å². The summed E-state index contributed by atoms with van der Waals surface area (Å²) >= 11 is 0. The number of rotatable bonds is 3. The number of hydrogen-bond donors (Lipinski definition) is 2. The number of methoxy groups -OCH3 is 1. The van der Waals surface area contributed by atoms with E-state index in [2.05, 4.69) is 15.6 Å². The van der Waals surface area contributed by atoms with Crippen LogP contribution in [-0.2, 0) is 4.79 Å². The summed E-state index contributed by atoms with van der Waals surface area (Å²) in [5.74, 6) is 0.584. The summed E-state index contributed by atoms with van der Waals surface area (Å²) in [6.07, 6.45) is 3.55. The predicted molar refractivity (Wildman–Crippen MR) is 69.6 cm³/mol. The molecule has 1 aliphatic rings. The molecule has 98 valence electrons. The lowest BCUT2D eigenvalue weighted by atomic mass is 9.82.